The third-order valence-corrected chi connectivity index (χ3v) is 3.89. The Morgan fingerprint density at radius 2 is 1.86 bits per heavy atom. The van der Waals surface area contributed by atoms with E-state index in [0.717, 1.165) is 25.9 Å². The molecule has 0 saturated carbocycles. The minimum Gasteiger partial charge on any atom is -0.380 e. The molecule has 1 aromatic carbocycles. The zero-order chi connectivity index (χ0) is 15.9. The normalized spacial score (nSPS) is 15.6. The van der Waals surface area contributed by atoms with Gasteiger partial charge in [-0.05, 0) is 25.0 Å². The molecule has 0 atom stereocenters. The predicted octanol–water partition coefficient (Wildman–Crippen LogP) is 1.05. The van der Waals surface area contributed by atoms with Crippen LogP contribution in [0.3, 0.4) is 0 Å². The smallest absolute Gasteiger partial charge is 0.233 e. The number of para-hydroxylation sites is 1. The highest BCUT2D eigenvalue weighted by Gasteiger charge is 2.22. The molecule has 6 heteroatoms. The van der Waals surface area contributed by atoms with Crippen LogP contribution in [0.4, 0.5) is 5.69 Å². The van der Waals surface area contributed by atoms with Crippen molar-refractivity contribution in [3.63, 3.8) is 0 Å². The third kappa shape index (κ3) is 3.75. The first-order valence-electron chi connectivity index (χ1n) is 7.30. The molecule has 1 saturated heterocycles. The van der Waals surface area contributed by atoms with E-state index in [4.69, 9.17) is 0 Å². The average Bonchev–Trinajstić information content (AvgIpc) is 2.56. The molecule has 0 radical (unpaired) electrons. The molecule has 2 N–H and O–H groups in total. The lowest BCUT2D eigenvalue weighted by molar-refractivity contribution is -0.122. The summed E-state index contributed by atoms with van der Waals surface area (Å²) in [5.74, 6) is 0.0213. The van der Waals surface area contributed by atoms with E-state index >= 15 is 0 Å². The number of nitriles is 2. The van der Waals surface area contributed by atoms with Crippen LogP contribution in [0.25, 0.3) is 0 Å². The maximum atomic E-state index is 11.4. The van der Waals surface area contributed by atoms with Crippen molar-refractivity contribution >= 4 is 11.6 Å². The van der Waals surface area contributed by atoms with E-state index in [9.17, 15) is 15.3 Å². The molecule has 0 unspecified atom stereocenters. The fraction of sp³-hybridized carbons (Fsp3) is 0.438. The number of hydrogen-bond donors (Lipinski definition) is 2. The molecule has 0 aromatic heterocycles. The molecule has 2 rings (SSSR count). The van der Waals surface area contributed by atoms with Crippen molar-refractivity contribution in [2.24, 2.45) is 0 Å². The van der Waals surface area contributed by atoms with Gasteiger partial charge in [0.15, 0.2) is 0 Å². The van der Waals surface area contributed by atoms with Crippen LogP contribution in [0, 0.1) is 22.7 Å². The SMILES string of the molecule is CNC(=O)CN1CCC(Nc2c(C#N)cccc2C#N)CC1. The number of amides is 1. The van der Waals surface area contributed by atoms with Gasteiger partial charge in [-0.3, -0.25) is 9.69 Å². The molecule has 114 valence electrons. The molecule has 6 nitrogen and oxygen atoms in total. The predicted molar refractivity (Wildman–Crippen MR) is 83.0 cm³/mol. The minimum absolute atomic E-state index is 0.0213. The van der Waals surface area contributed by atoms with Crippen LogP contribution in [0.2, 0.25) is 0 Å². The van der Waals surface area contributed by atoms with Crippen molar-refractivity contribution in [3.8, 4) is 12.1 Å². The molecule has 0 bridgehead atoms. The highest BCUT2D eigenvalue weighted by molar-refractivity contribution is 5.77. The van der Waals surface area contributed by atoms with Gasteiger partial charge in [-0.2, -0.15) is 10.5 Å². The number of hydrogen-bond acceptors (Lipinski definition) is 5. The standard InChI is InChI=1S/C16H19N5O/c1-19-15(22)11-21-7-5-14(6-8-21)20-16-12(9-17)3-2-4-13(16)10-18/h2-4,14,20H,5-8,11H2,1H3,(H,19,22). The lowest BCUT2D eigenvalue weighted by Crippen LogP contribution is -2.43. The topological polar surface area (TPSA) is 91.9 Å². The number of carbonyl (C=O) groups is 1. The van der Waals surface area contributed by atoms with E-state index in [2.05, 4.69) is 27.7 Å². The van der Waals surface area contributed by atoms with Gasteiger partial charge in [0.2, 0.25) is 5.91 Å². The van der Waals surface area contributed by atoms with E-state index < -0.39 is 0 Å². The number of likely N-dealkylation sites (tertiary alicyclic amines) is 1. The molecule has 22 heavy (non-hydrogen) atoms. The van der Waals surface area contributed by atoms with Crippen molar-refractivity contribution in [3.05, 3.63) is 29.3 Å². The molecular formula is C16H19N5O. The Morgan fingerprint density at radius 3 is 2.36 bits per heavy atom. The Kier molecular flexibility index (Phi) is 5.35. The Bertz CT molecular complexity index is 588. The van der Waals surface area contributed by atoms with Crippen LogP contribution >= 0.6 is 0 Å². The lowest BCUT2D eigenvalue weighted by Gasteiger charge is -2.32. The first kappa shape index (κ1) is 15.8. The van der Waals surface area contributed by atoms with Gasteiger partial charge in [-0.1, -0.05) is 6.07 Å². The highest BCUT2D eigenvalue weighted by Crippen LogP contribution is 2.23. The van der Waals surface area contributed by atoms with E-state index in [1.165, 1.54) is 0 Å². The van der Waals surface area contributed by atoms with Crippen LogP contribution in [0.1, 0.15) is 24.0 Å². The Morgan fingerprint density at radius 1 is 1.27 bits per heavy atom. The van der Waals surface area contributed by atoms with Gasteiger partial charge in [0.1, 0.15) is 12.1 Å². The Labute approximate surface area is 130 Å². The van der Waals surface area contributed by atoms with Gasteiger partial charge >= 0.3 is 0 Å². The first-order valence-corrected chi connectivity index (χ1v) is 7.30. The Balaban J connectivity index is 1.99. The van der Waals surface area contributed by atoms with Crippen LogP contribution in [-0.4, -0.2) is 43.5 Å². The fourth-order valence-electron chi connectivity index (χ4n) is 2.62. The van der Waals surface area contributed by atoms with Crippen LogP contribution in [-0.2, 0) is 4.79 Å². The molecule has 1 aliphatic rings. The summed E-state index contributed by atoms with van der Waals surface area (Å²) in [7, 11) is 1.64. The zero-order valence-electron chi connectivity index (χ0n) is 12.6. The van der Waals surface area contributed by atoms with Gasteiger partial charge in [0.05, 0.1) is 23.4 Å². The van der Waals surface area contributed by atoms with Crippen molar-refractivity contribution in [1.82, 2.24) is 10.2 Å². The number of likely N-dealkylation sites (N-methyl/N-ethyl adjacent to an activating group) is 1. The summed E-state index contributed by atoms with van der Waals surface area (Å²) in [6.07, 6.45) is 1.75. The zero-order valence-corrected chi connectivity index (χ0v) is 12.6. The van der Waals surface area contributed by atoms with E-state index in [1.54, 1.807) is 25.2 Å². The number of nitrogens with one attached hydrogen (secondary N) is 2. The molecule has 1 heterocycles. The highest BCUT2D eigenvalue weighted by atomic mass is 16.1. The van der Waals surface area contributed by atoms with E-state index in [1.807, 2.05) is 0 Å². The van der Waals surface area contributed by atoms with Crippen molar-refractivity contribution in [1.29, 1.82) is 10.5 Å². The maximum absolute atomic E-state index is 11.4. The third-order valence-electron chi connectivity index (χ3n) is 3.89. The number of carbonyl (C=O) groups excluding carboxylic acids is 1. The van der Waals surface area contributed by atoms with Crippen LogP contribution in [0.5, 0.6) is 0 Å². The van der Waals surface area contributed by atoms with Gasteiger partial charge in [0.25, 0.3) is 0 Å². The number of anilines is 1. The van der Waals surface area contributed by atoms with Gasteiger partial charge in [-0.25, -0.2) is 0 Å². The largest absolute Gasteiger partial charge is 0.380 e. The molecule has 1 aromatic rings. The van der Waals surface area contributed by atoms with Gasteiger partial charge in [-0.15, -0.1) is 0 Å². The quantitative estimate of drug-likeness (QED) is 0.866. The monoisotopic (exact) mass is 297 g/mol. The maximum Gasteiger partial charge on any atom is 0.233 e. The summed E-state index contributed by atoms with van der Waals surface area (Å²) in [5.41, 5.74) is 1.61. The number of rotatable bonds is 4. The van der Waals surface area contributed by atoms with Gasteiger partial charge < -0.3 is 10.6 Å². The second-order valence-electron chi connectivity index (χ2n) is 5.32. The summed E-state index contributed by atoms with van der Waals surface area (Å²) in [6, 6.07) is 9.60. The molecule has 0 spiro atoms. The minimum atomic E-state index is 0.0213. The van der Waals surface area contributed by atoms with Crippen molar-refractivity contribution in [2.75, 3.05) is 32.0 Å². The van der Waals surface area contributed by atoms with Crippen molar-refractivity contribution < 1.29 is 4.79 Å². The molecular weight excluding hydrogens is 278 g/mol. The number of benzene rings is 1. The summed E-state index contributed by atoms with van der Waals surface area (Å²) < 4.78 is 0. The molecule has 1 aliphatic heterocycles. The van der Waals surface area contributed by atoms with Crippen LogP contribution < -0.4 is 10.6 Å². The summed E-state index contributed by atoms with van der Waals surface area (Å²) >= 11 is 0. The lowest BCUT2D eigenvalue weighted by atomic mass is 10.0. The number of nitrogens with zero attached hydrogens (tertiary/aromatic N) is 3. The molecule has 1 fully saturated rings. The molecule has 0 aliphatic carbocycles. The second kappa shape index (κ2) is 7.44. The first-order chi connectivity index (χ1) is 10.7. The van der Waals surface area contributed by atoms with Gasteiger partial charge in [0, 0.05) is 26.2 Å². The van der Waals surface area contributed by atoms with Crippen molar-refractivity contribution in [2.45, 2.75) is 18.9 Å². The summed E-state index contributed by atoms with van der Waals surface area (Å²) in [5, 5.41) is 24.3. The van der Waals surface area contributed by atoms with E-state index in [0.29, 0.717) is 23.4 Å². The van der Waals surface area contributed by atoms with E-state index in [-0.39, 0.29) is 11.9 Å². The Hall–Kier alpha value is -2.57. The second-order valence-corrected chi connectivity index (χ2v) is 5.32. The fourth-order valence-corrected chi connectivity index (χ4v) is 2.62. The molecule has 1 amide bonds. The average molecular weight is 297 g/mol. The number of piperidine rings is 1. The summed E-state index contributed by atoms with van der Waals surface area (Å²) in [6.45, 7) is 2.06. The van der Waals surface area contributed by atoms with Crippen LogP contribution in [0.15, 0.2) is 18.2 Å². The summed E-state index contributed by atoms with van der Waals surface area (Å²) in [4.78, 5) is 13.5.